The first-order valence-corrected chi connectivity index (χ1v) is 7.57. The monoisotopic (exact) mass is 283 g/mol. The second-order valence-corrected chi connectivity index (χ2v) is 5.76. The van der Waals surface area contributed by atoms with Crippen molar-refractivity contribution >= 4 is 22.5 Å². The zero-order valence-corrected chi connectivity index (χ0v) is 12.6. The average Bonchev–Trinajstić information content (AvgIpc) is 2.49. The molecule has 0 unspecified atom stereocenters. The molecule has 4 heteroatoms. The van der Waals surface area contributed by atoms with Crippen LogP contribution in [0.15, 0.2) is 30.5 Å². The molecule has 0 saturated heterocycles. The lowest BCUT2D eigenvalue weighted by molar-refractivity contribution is 0.0822. The van der Waals surface area contributed by atoms with Gasteiger partial charge in [0.1, 0.15) is 5.82 Å². The molecule has 1 aromatic carbocycles. The van der Waals surface area contributed by atoms with Gasteiger partial charge in [0, 0.05) is 24.2 Å². The van der Waals surface area contributed by atoms with E-state index in [1.807, 2.05) is 31.3 Å². The number of aromatic nitrogens is 1. The Labute approximate surface area is 125 Å². The lowest BCUT2D eigenvalue weighted by atomic mass is 9.74. The number of fused-ring (bicyclic) bond motifs is 1. The summed E-state index contributed by atoms with van der Waals surface area (Å²) >= 11 is 0. The van der Waals surface area contributed by atoms with Gasteiger partial charge >= 0.3 is 0 Å². The molecule has 1 saturated carbocycles. The Morgan fingerprint density at radius 2 is 2.00 bits per heavy atom. The second kappa shape index (κ2) is 5.35. The smallest absolute Gasteiger partial charge is 0.253 e. The first-order chi connectivity index (χ1) is 10.2. The van der Waals surface area contributed by atoms with Gasteiger partial charge in [-0.15, -0.1) is 0 Å². The molecule has 1 amide bonds. The van der Waals surface area contributed by atoms with Crippen LogP contribution in [-0.2, 0) is 0 Å². The van der Waals surface area contributed by atoms with Gasteiger partial charge in [-0.2, -0.15) is 0 Å². The van der Waals surface area contributed by atoms with E-state index in [-0.39, 0.29) is 11.4 Å². The van der Waals surface area contributed by atoms with Crippen molar-refractivity contribution < 1.29 is 4.79 Å². The lowest BCUT2D eigenvalue weighted by Crippen LogP contribution is -2.53. The molecule has 0 spiro atoms. The Kier molecular flexibility index (Phi) is 3.53. The molecule has 4 nitrogen and oxygen atoms in total. The predicted octanol–water partition coefficient (Wildman–Crippen LogP) is 3.34. The number of hydrogen-bond acceptors (Lipinski definition) is 3. The van der Waals surface area contributed by atoms with Crippen LogP contribution < -0.4 is 10.6 Å². The first kappa shape index (κ1) is 13.9. The van der Waals surface area contributed by atoms with E-state index in [4.69, 9.17) is 0 Å². The number of benzene rings is 1. The Morgan fingerprint density at radius 3 is 2.57 bits per heavy atom. The molecule has 1 aliphatic carbocycles. The fourth-order valence-corrected chi connectivity index (χ4v) is 3.05. The van der Waals surface area contributed by atoms with Gasteiger partial charge in [-0.05, 0) is 31.1 Å². The zero-order chi connectivity index (χ0) is 14.9. The number of nitrogens with one attached hydrogen (secondary N) is 2. The van der Waals surface area contributed by atoms with Crippen LogP contribution in [0.3, 0.4) is 0 Å². The Morgan fingerprint density at radius 1 is 1.29 bits per heavy atom. The Bertz CT molecular complexity index is 671. The van der Waals surface area contributed by atoms with Crippen molar-refractivity contribution in [3.63, 3.8) is 0 Å². The van der Waals surface area contributed by atoms with Crippen molar-refractivity contribution in [1.82, 2.24) is 10.3 Å². The molecule has 1 aliphatic rings. The number of nitrogens with zero attached hydrogens (tertiary/aromatic N) is 1. The van der Waals surface area contributed by atoms with E-state index in [0.29, 0.717) is 5.56 Å². The van der Waals surface area contributed by atoms with Crippen molar-refractivity contribution in [1.29, 1.82) is 0 Å². The van der Waals surface area contributed by atoms with Gasteiger partial charge in [0.15, 0.2) is 0 Å². The molecule has 1 fully saturated rings. The van der Waals surface area contributed by atoms with Crippen LogP contribution in [0, 0.1) is 0 Å². The van der Waals surface area contributed by atoms with E-state index >= 15 is 0 Å². The van der Waals surface area contributed by atoms with Crippen molar-refractivity contribution in [2.75, 3.05) is 12.4 Å². The van der Waals surface area contributed by atoms with E-state index < -0.39 is 0 Å². The SMILES string of the molecule is CCC1(NC(=O)c2cnc(NC)c3ccccc23)CCC1. The third-order valence-corrected chi connectivity index (χ3v) is 4.64. The van der Waals surface area contributed by atoms with Gasteiger partial charge in [-0.25, -0.2) is 4.98 Å². The van der Waals surface area contributed by atoms with E-state index in [1.54, 1.807) is 6.20 Å². The van der Waals surface area contributed by atoms with Gasteiger partial charge in [-0.3, -0.25) is 4.79 Å². The van der Waals surface area contributed by atoms with Crippen molar-refractivity contribution in [3.05, 3.63) is 36.0 Å². The number of rotatable bonds is 4. The largest absolute Gasteiger partial charge is 0.373 e. The first-order valence-electron chi connectivity index (χ1n) is 7.57. The fourth-order valence-electron chi connectivity index (χ4n) is 3.05. The van der Waals surface area contributed by atoms with E-state index in [9.17, 15) is 4.79 Å². The summed E-state index contributed by atoms with van der Waals surface area (Å²) in [4.78, 5) is 17.0. The van der Waals surface area contributed by atoms with Crippen LogP contribution in [-0.4, -0.2) is 23.5 Å². The number of hydrogen-bond donors (Lipinski definition) is 2. The average molecular weight is 283 g/mol. The normalized spacial score (nSPS) is 16.3. The molecular weight excluding hydrogens is 262 g/mol. The van der Waals surface area contributed by atoms with Gasteiger partial charge < -0.3 is 10.6 Å². The third kappa shape index (κ3) is 2.35. The summed E-state index contributed by atoms with van der Waals surface area (Å²) in [5.74, 6) is 0.791. The van der Waals surface area contributed by atoms with Crippen LogP contribution in [0.4, 0.5) is 5.82 Å². The highest BCUT2D eigenvalue weighted by Crippen LogP contribution is 2.35. The van der Waals surface area contributed by atoms with Crippen LogP contribution in [0.1, 0.15) is 43.0 Å². The molecule has 0 bridgehead atoms. The molecule has 1 heterocycles. The van der Waals surface area contributed by atoms with Gasteiger partial charge in [0.25, 0.3) is 5.91 Å². The molecule has 1 aromatic heterocycles. The van der Waals surface area contributed by atoms with Gasteiger partial charge in [0.05, 0.1) is 5.56 Å². The van der Waals surface area contributed by atoms with E-state index in [2.05, 4.69) is 22.5 Å². The maximum atomic E-state index is 12.7. The molecular formula is C17H21N3O. The standard InChI is InChI=1S/C17H21N3O/c1-3-17(9-6-10-17)20-16(21)14-11-19-15(18-2)13-8-5-4-7-12(13)14/h4-5,7-8,11H,3,6,9-10H2,1-2H3,(H,18,19)(H,20,21). The van der Waals surface area contributed by atoms with Crippen molar-refractivity contribution in [2.45, 2.75) is 38.1 Å². The van der Waals surface area contributed by atoms with Crippen molar-refractivity contribution in [2.24, 2.45) is 0 Å². The topological polar surface area (TPSA) is 54.0 Å². The number of pyridine rings is 1. The maximum Gasteiger partial charge on any atom is 0.253 e. The summed E-state index contributed by atoms with van der Waals surface area (Å²) in [6.45, 7) is 2.14. The molecule has 21 heavy (non-hydrogen) atoms. The molecule has 110 valence electrons. The highest BCUT2D eigenvalue weighted by molar-refractivity contribution is 6.09. The van der Waals surface area contributed by atoms with Gasteiger partial charge in [0.2, 0.25) is 0 Å². The minimum absolute atomic E-state index is 0.000134. The quantitative estimate of drug-likeness (QED) is 0.905. The maximum absolute atomic E-state index is 12.7. The summed E-state index contributed by atoms with van der Waals surface area (Å²) < 4.78 is 0. The van der Waals surface area contributed by atoms with E-state index in [1.165, 1.54) is 6.42 Å². The molecule has 0 atom stereocenters. The number of carbonyl (C=O) groups excluding carboxylic acids is 1. The summed E-state index contributed by atoms with van der Waals surface area (Å²) in [6.07, 6.45) is 6.01. The van der Waals surface area contributed by atoms with Crippen LogP contribution >= 0.6 is 0 Å². The summed E-state index contributed by atoms with van der Waals surface area (Å²) in [7, 11) is 1.84. The molecule has 3 rings (SSSR count). The zero-order valence-electron chi connectivity index (χ0n) is 12.6. The minimum atomic E-state index is -0.0112. The highest BCUT2D eigenvalue weighted by Gasteiger charge is 2.36. The van der Waals surface area contributed by atoms with Crippen LogP contribution in [0.25, 0.3) is 10.8 Å². The third-order valence-electron chi connectivity index (χ3n) is 4.64. The molecule has 0 aliphatic heterocycles. The minimum Gasteiger partial charge on any atom is -0.373 e. The van der Waals surface area contributed by atoms with Crippen LogP contribution in [0.2, 0.25) is 0 Å². The number of carbonyl (C=O) groups is 1. The number of amides is 1. The van der Waals surface area contributed by atoms with E-state index in [0.717, 1.165) is 35.9 Å². The molecule has 0 radical (unpaired) electrons. The second-order valence-electron chi connectivity index (χ2n) is 5.76. The Balaban J connectivity index is 1.99. The lowest BCUT2D eigenvalue weighted by Gasteiger charge is -2.42. The number of anilines is 1. The predicted molar refractivity (Wildman–Crippen MR) is 85.6 cm³/mol. The van der Waals surface area contributed by atoms with Crippen LogP contribution in [0.5, 0.6) is 0 Å². The van der Waals surface area contributed by atoms with Crippen molar-refractivity contribution in [3.8, 4) is 0 Å². The Hall–Kier alpha value is -2.10. The highest BCUT2D eigenvalue weighted by atomic mass is 16.1. The fraction of sp³-hybridized carbons (Fsp3) is 0.412. The molecule has 2 aromatic rings. The van der Waals surface area contributed by atoms with Gasteiger partial charge in [-0.1, -0.05) is 31.2 Å². The summed E-state index contributed by atoms with van der Waals surface area (Å²) in [6, 6.07) is 7.89. The molecule has 2 N–H and O–H groups in total. The summed E-state index contributed by atoms with van der Waals surface area (Å²) in [5, 5.41) is 8.22. The summed E-state index contributed by atoms with van der Waals surface area (Å²) in [5.41, 5.74) is 0.657.